The lowest BCUT2D eigenvalue weighted by atomic mass is 9.98. The average Bonchev–Trinajstić information content (AvgIpc) is 2.80. The maximum absolute atomic E-state index is 13.1. The Kier molecular flexibility index (Phi) is 4.32. The molecule has 1 aliphatic heterocycles. The van der Waals surface area contributed by atoms with Crippen molar-refractivity contribution in [3.05, 3.63) is 35.4 Å². The maximum atomic E-state index is 13.1. The molecule has 1 aromatic rings. The molecule has 1 aromatic carbocycles. The number of sulfonamides is 1. The van der Waals surface area contributed by atoms with E-state index in [1.54, 1.807) is 0 Å². The molecule has 0 bridgehead atoms. The van der Waals surface area contributed by atoms with Gasteiger partial charge in [0.15, 0.2) is 0 Å². The van der Waals surface area contributed by atoms with Crippen molar-refractivity contribution in [2.24, 2.45) is 0 Å². The lowest BCUT2D eigenvalue weighted by Crippen LogP contribution is -2.33. The van der Waals surface area contributed by atoms with E-state index in [0.717, 1.165) is 10.4 Å². The quantitative estimate of drug-likeness (QED) is 0.927. The van der Waals surface area contributed by atoms with Gasteiger partial charge in [-0.15, -0.1) is 0 Å². The van der Waals surface area contributed by atoms with Gasteiger partial charge in [0.2, 0.25) is 10.0 Å². The topological polar surface area (TPSA) is 57.6 Å². The van der Waals surface area contributed by atoms with Crippen molar-refractivity contribution < 1.29 is 26.7 Å². The fourth-order valence-corrected chi connectivity index (χ4v) is 3.90. The predicted octanol–water partition coefficient (Wildman–Crippen LogP) is 2.16. The van der Waals surface area contributed by atoms with Crippen LogP contribution in [0.1, 0.15) is 30.5 Å². The van der Waals surface area contributed by atoms with Crippen molar-refractivity contribution in [2.75, 3.05) is 12.3 Å². The lowest BCUT2D eigenvalue weighted by molar-refractivity contribution is -0.138. The first-order chi connectivity index (χ1) is 9.66. The van der Waals surface area contributed by atoms with Crippen molar-refractivity contribution >= 4 is 10.0 Å². The van der Waals surface area contributed by atoms with Crippen LogP contribution in [-0.4, -0.2) is 36.2 Å². The molecule has 1 aliphatic rings. The molecule has 1 saturated heterocycles. The average molecular weight is 323 g/mol. The van der Waals surface area contributed by atoms with E-state index in [9.17, 15) is 26.7 Å². The van der Waals surface area contributed by atoms with Gasteiger partial charge < -0.3 is 5.11 Å². The van der Waals surface area contributed by atoms with Gasteiger partial charge in [0.05, 0.1) is 23.5 Å². The third-order valence-corrected chi connectivity index (χ3v) is 5.43. The molecule has 0 radical (unpaired) electrons. The van der Waals surface area contributed by atoms with Crippen LogP contribution in [0.3, 0.4) is 0 Å². The highest BCUT2D eigenvalue weighted by Gasteiger charge is 2.43. The number of rotatable bonds is 3. The van der Waals surface area contributed by atoms with E-state index in [0.29, 0.717) is 0 Å². The first kappa shape index (κ1) is 16.3. The van der Waals surface area contributed by atoms with Gasteiger partial charge in [-0.25, -0.2) is 8.42 Å². The van der Waals surface area contributed by atoms with E-state index in [-0.39, 0.29) is 24.3 Å². The second-order valence-electron chi connectivity index (χ2n) is 4.96. The van der Waals surface area contributed by atoms with E-state index in [1.807, 2.05) is 0 Å². The van der Waals surface area contributed by atoms with Crippen LogP contribution in [0, 0.1) is 0 Å². The highest BCUT2D eigenvalue weighted by molar-refractivity contribution is 7.89. The number of aliphatic hydroxyl groups excluding tert-OH is 1. The molecular formula is C13H16F3NO3S. The minimum Gasteiger partial charge on any atom is -0.392 e. The number of halogens is 3. The molecule has 1 N–H and O–H groups in total. The standard InChI is InChI=1S/C13H16F3NO3S/c1-2-21(19,20)17-8-9(18)7-12(17)10-5-3-4-6-11(10)13(14,15)16/h3-6,9,12,18H,2,7-8H2,1H3/t9-,12+/m0/s1. The number of β-amino-alcohol motifs (C(OH)–C–C–N with tert-alkyl or cyclic N) is 1. The van der Waals surface area contributed by atoms with Gasteiger partial charge in [0, 0.05) is 6.54 Å². The Labute approximate surface area is 121 Å². The summed E-state index contributed by atoms with van der Waals surface area (Å²) < 4.78 is 64.2. The molecule has 0 aliphatic carbocycles. The molecule has 8 heteroatoms. The smallest absolute Gasteiger partial charge is 0.392 e. The van der Waals surface area contributed by atoms with Gasteiger partial charge in [-0.2, -0.15) is 17.5 Å². The molecule has 118 valence electrons. The molecule has 2 atom stereocenters. The monoisotopic (exact) mass is 323 g/mol. The Balaban J connectivity index is 2.50. The van der Waals surface area contributed by atoms with E-state index < -0.39 is 33.9 Å². The lowest BCUT2D eigenvalue weighted by Gasteiger charge is -2.25. The van der Waals surface area contributed by atoms with Crippen LogP contribution >= 0.6 is 0 Å². The summed E-state index contributed by atoms with van der Waals surface area (Å²) in [6, 6.07) is 3.91. The zero-order valence-electron chi connectivity index (χ0n) is 11.3. The van der Waals surface area contributed by atoms with Crippen LogP contribution < -0.4 is 0 Å². The first-order valence-electron chi connectivity index (χ1n) is 6.50. The number of nitrogens with zero attached hydrogens (tertiary/aromatic N) is 1. The Morgan fingerprint density at radius 2 is 1.95 bits per heavy atom. The summed E-state index contributed by atoms with van der Waals surface area (Å²) in [5.41, 5.74) is -0.973. The summed E-state index contributed by atoms with van der Waals surface area (Å²) in [5.74, 6) is -0.218. The van der Waals surface area contributed by atoms with E-state index >= 15 is 0 Å². The van der Waals surface area contributed by atoms with Gasteiger partial charge in [-0.1, -0.05) is 18.2 Å². The van der Waals surface area contributed by atoms with E-state index in [4.69, 9.17) is 0 Å². The minimum absolute atomic E-state index is 0.0354. The van der Waals surface area contributed by atoms with E-state index in [1.165, 1.54) is 25.1 Å². The highest BCUT2D eigenvalue weighted by Crippen LogP contribution is 2.41. The van der Waals surface area contributed by atoms with Crippen LogP contribution in [0.25, 0.3) is 0 Å². The van der Waals surface area contributed by atoms with E-state index in [2.05, 4.69) is 0 Å². The number of hydrogen-bond donors (Lipinski definition) is 1. The van der Waals surface area contributed by atoms with Crippen molar-refractivity contribution in [2.45, 2.75) is 31.7 Å². The fourth-order valence-electron chi connectivity index (χ4n) is 2.59. The van der Waals surface area contributed by atoms with Crippen LogP contribution in [0.4, 0.5) is 13.2 Å². The SMILES string of the molecule is CCS(=O)(=O)N1C[C@@H](O)C[C@@H]1c1ccccc1C(F)(F)F. The first-order valence-corrected chi connectivity index (χ1v) is 8.11. The van der Waals surface area contributed by atoms with Crippen molar-refractivity contribution in [3.63, 3.8) is 0 Å². The van der Waals surface area contributed by atoms with Crippen LogP contribution in [0.2, 0.25) is 0 Å². The maximum Gasteiger partial charge on any atom is 0.416 e. The Hall–Kier alpha value is -1.12. The third kappa shape index (κ3) is 3.22. The molecule has 0 spiro atoms. The van der Waals surface area contributed by atoms with Crippen LogP contribution in [0.5, 0.6) is 0 Å². The second kappa shape index (κ2) is 5.58. The summed E-state index contributed by atoms with van der Waals surface area (Å²) in [7, 11) is -3.68. The molecule has 0 saturated carbocycles. The third-order valence-electron chi connectivity index (χ3n) is 3.58. The second-order valence-corrected chi connectivity index (χ2v) is 7.17. The number of aliphatic hydroxyl groups is 1. The molecule has 21 heavy (non-hydrogen) atoms. The fraction of sp³-hybridized carbons (Fsp3) is 0.538. The summed E-state index contributed by atoms with van der Waals surface area (Å²) >= 11 is 0. The highest BCUT2D eigenvalue weighted by atomic mass is 32.2. The van der Waals surface area contributed by atoms with Gasteiger partial charge in [0.25, 0.3) is 0 Å². The van der Waals surface area contributed by atoms with Gasteiger partial charge >= 0.3 is 6.18 Å². The zero-order chi connectivity index (χ0) is 15.8. The zero-order valence-corrected chi connectivity index (χ0v) is 12.2. The molecule has 0 amide bonds. The summed E-state index contributed by atoms with van der Waals surface area (Å²) in [6.07, 6.45) is -5.56. The number of benzene rings is 1. The normalized spacial score (nSPS) is 24.4. The largest absolute Gasteiger partial charge is 0.416 e. The molecule has 2 rings (SSSR count). The van der Waals surface area contributed by atoms with Crippen molar-refractivity contribution in [1.82, 2.24) is 4.31 Å². The Bertz CT molecular complexity index is 615. The molecule has 0 unspecified atom stereocenters. The summed E-state index contributed by atoms with van der Waals surface area (Å²) in [5, 5.41) is 9.70. The van der Waals surface area contributed by atoms with Gasteiger partial charge in [0.1, 0.15) is 0 Å². The minimum atomic E-state index is -4.56. The Morgan fingerprint density at radius 3 is 2.52 bits per heavy atom. The Morgan fingerprint density at radius 1 is 1.33 bits per heavy atom. The molecule has 1 heterocycles. The number of alkyl halides is 3. The molecule has 0 aromatic heterocycles. The molecular weight excluding hydrogens is 307 g/mol. The molecule has 1 fully saturated rings. The van der Waals surface area contributed by atoms with Gasteiger partial charge in [-0.3, -0.25) is 0 Å². The summed E-state index contributed by atoms with van der Waals surface area (Å²) in [4.78, 5) is 0. The number of hydrogen-bond acceptors (Lipinski definition) is 3. The van der Waals surface area contributed by atoms with Crippen LogP contribution in [0.15, 0.2) is 24.3 Å². The van der Waals surface area contributed by atoms with Crippen LogP contribution in [-0.2, 0) is 16.2 Å². The van der Waals surface area contributed by atoms with Crippen molar-refractivity contribution in [1.29, 1.82) is 0 Å². The molecule has 4 nitrogen and oxygen atoms in total. The predicted molar refractivity (Wildman–Crippen MR) is 71.0 cm³/mol. The van der Waals surface area contributed by atoms with Crippen molar-refractivity contribution in [3.8, 4) is 0 Å². The summed E-state index contributed by atoms with van der Waals surface area (Å²) in [6.45, 7) is 1.25. The van der Waals surface area contributed by atoms with Gasteiger partial charge in [-0.05, 0) is 25.0 Å².